The van der Waals surface area contributed by atoms with Crippen LogP contribution in [-0.4, -0.2) is 59.6 Å². The quantitative estimate of drug-likeness (QED) is 0.361. The van der Waals surface area contributed by atoms with Crippen molar-refractivity contribution in [2.24, 2.45) is 0 Å². The summed E-state index contributed by atoms with van der Waals surface area (Å²) < 4.78 is 12.8. The molecule has 32 heavy (non-hydrogen) atoms. The second kappa shape index (κ2) is 10.5. The Labute approximate surface area is 187 Å². The Kier molecular flexibility index (Phi) is 7.69. The zero-order valence-corrected chi connectivity index (χ0v) is 19.3. The summed E-state index contributed by atoms with van der Waals surface area (Å²) in [4.78, 5) is 34.7. The fourth-order valence-electron chi connectivity index (χ4n) is 3.91. The van der Waals surface area contributed by atoms with Crippen molar-refractivity contribution in [3.05, 3.63) is 52.7 Å². The maximum atomic E-state index is 12.8. The Hall–Kier alpha value is -3.13. The minimum absolute atomic E-state index is 0.184. The first-order chi connectivity index (χ1) is 15.4. The third-order valence-corrected chi connectivity index (χ3v) is 5.53. The van der Waals surface area contributed by atoms with E-state index >= 15 is 0 Å². The van der Waals surface area contributed by atoms with Gasteiger partial charge in [0.2, 0.25) is 0 Å². The number of nitrogens with one attached hydrogen (secondary N) is 1. The van der Waals surface area contributed by atoms with Gasteiger partial charge in [-0.25, -0.2) is 9.78 Å². The van der Waals surface area contributed by atoms with E-state index in [2.05, 4.69) is 23.5 Å². The second-order valence-electron chi connectivity index (χ2n) is 8.15. The van der Waals surface area contributed by atoms with Gasteiger partial charge in [-0.3, -0.25) is 9.20 Å². The molecule has 8 heteroatoms. The molecular weight excluding hydrogens is 408 g/mol. The van der Waals surface area contributed by atoms with Crippen molar-refractivity contribution in [1.82, 2.24) is 19.3 Å². The Morgan fingerprint density at radius 2 is 2.09 bits per heavy atom. The highest BCUT2D eigenvalue weighted by Gasteiger charge is 2.22. The molecule has 0 amide bonds. The number of rotatable bonds is 11. The zero-order valence-electron chi connectivity index (χ0n) is 19.3. The number of carbonyl (C=O) groups excluding carboxylic acids is 1. The number of nitrogens with zero attached hydrogens (tertiary/aromatic N) is 3. The molecule has 1 N–H and O–H groups in total. The molecule has 0 bridgehead atoms. The monoisotopic (exact) mass is 440 g/mol. The van der Waals surface area contributed by atoms with Crippen molar-refractivity contribution in [3.63, 3.8) is 0 Å². The van der Waals surface area contributed by atoms with Crippen LogP contribution in [0.25, 0.3) is 16.6 Å². The van der Waals surface area contributed by atoms with Gasteiger partial charge in [0.25, 0.3) is 5.56 Å². The number of aromatic amines is 1. The van der Waals surface area contributed by atoms with Gasteiger partial charge in [0.05, 0.1) is 24.3 Å². The van der Waals surface area contributed by atoms with Crippen LogP contribution in [0, 0.1) is 0 Å². The number of H-pyrrole nitrogens is 1. The molecule has 3 rings (SSSR count). The molecule has 2 heterocycles. The summed E-state index contributed by atoms with van der Waals surface area (Å²) >= 11 is 0. The second-order valence-corrected chi connectivity index (χ2v) is 8.15. The summed E-state index contributed by atoms with van der Waals surface area (Å²) in [6, 6.07) is 3.41. The molecule has 0 saturated carbocycles. The highest BCUT2D eigenvalue weighted by Crippen LogP contribution is 2.31. The number of allylic oxidation sites excluding steroid dienone is 1. The predicted octanol–water partition coefficient (Wildman–Crippen LogP) is 3.75. The minimum atomic E-state index is -0.520. The third-order valence-electron chi connectivity index (χ3n) is 5.53. The average Bonchev–Trinajstić information content (AvgIpc) is 3.22. The molecule has 0 fully saturated rings. The first kappa shape index (κ1) is 23.5. The molecule has 0 radical (unpaired) electrons. The summed E-state index contributed by atoms with van der Waals surface area (Å²) in [5.74, 6) is 0.916. The normalized spacial score (nSPS) is 12.4. The molecule has 172 valence electrons. The smallest absolute Gasteiger partial charge is 0.341 e. The topological polar surface area (TPSA) is 88.9 Å². The van der Waals surface area contributed by atoms with E-state index in [-0.39, 0.29) is 17.0 Å². The summed E-state index contributed by atoms with van der Waals surface area (Å²) in [5, 5.41) is 0. The number of likely N-dealkylation sites (N-methyl/N-ethyl adjacent to an activating group) is 1. The predicted molar refractivity (Wildman–Crippen MR) is 126 cm³/mol. The molecule has 1 unspecified atom stereocenters. The van der Waals surface area contributed by atoms with Crippen LogP contribution in [0.3, 0.4) is 0 Å². The first-order valence-corrected chi connectivity index (χ1v) is 10.9. The number of esters is 1. The lowest BCUT2D eigenvalue weighted by atomic mass is 9.97. The highest BCUT2D eigenvalue weighted by molar-refractivity contribution is 5.97. The zero-order chi connectivity index (χ0) is 23.3. The van der Waals surface area contributed by atoms with E-state index in [0.29, 0.717) is 29.9 Å². The summed E-state index contributed by atoms with van der Waals surface area (Å²) in [5.41, 5.74) is 1.75. The van der Waals surface area contributed by atoms with Crippen LogP contribution in [0.15, 0.2) is 35.8 Å². The maximum absolute atomic E-state index is 12.8. The van der Waals surface area contributed by atoms with Gasteiger partial charge in [-0.05, 0) is 39.4 Å². The van der Waals surface area contributed by atoms with Gasteiger partial charge in [-0.15, -0.1) is 6.58 Å². The molecule has 0 aliphatic carbocycles. The van der Waals surface area contributed by atoms with Gasteiger partial charge < -0.3 is 19.4 Å². The van der Waals surface area contributed by atoms with Gasteiger partial charge in [-0.2, -0.15) is 0 Å². The van der Waals surface area contributed by atoms with Crippen molar-refractivity contribution in [2.45, 2.75) is 38.5 Å². The van der Waals surface area contributed by atoms with Gasteiger partial charge in [0, 0.05) is 18.5 Å². The van der Waals surface area contributed by atoms with E-state index in [1.54, 1.807) is 18.3 Å². The van der Waals surface area contributed by atoms with Crippen molar-refractivity contribution < 1.29 is 14.3 Å². The Morgan fingerprint density at radius 3 is 2.75 bits per heavy atom. The van der Waals surface area contributed by atoms with Crippen LogP contribution in [0.1, 0.15) is 54.7 Å². The molecule has 0 saturated heterocycles. The van der Waals surface area contributed by atoms with Crippen molar-refractivity contribution >= 4 is 22.5 Å². The molecule has 2 aromatic heterocycles. The minimum Gasteiger partial charge on any atom is -0.491 e. The lowest BCUT2D eigenvalue weighted by Gasteiger charge is -2.17. The number of imidazole rings is 1. The van der Waals surface area contributed by atoms with Gasteiger partial charge in [-0.1, -0.05) is 19.4 Å². The number of carbonyl (C=O) groups is 1. The first-order valence-electron chi connectivity index (χ1n) is 10.9. The summed E-state index contributed by atoms with van der Waals surface area (Å²) in [7, 11) is 5.23. The highest BCUT2D eigenvalue weighted by atomic mass is 16.5. The average molecular weight is 441 g/mol. The fraction of sp³-hybridized carbons (Fsp3) is 0.458. The molecule has 0 aliphatic rings. The van der Waals surface area contributed by atoms with E-state index in [4.69, 9.17) is 9.47 Å². The molecule has 1 aromatic carbocycles. The van der Waals surface area contributed by atoms with E-state index in [1.807, 2.05) is 29.5 Å². The number of methoxy groups -OCH3 is 1. The summed E-state index contributed by atoms with van der Waals surface area (Å²) in [6.07, 6.45) is 7.24. The van der Waals surface area contributed by atoms with E-state index in [1.165, 1.54) is 7.11 Å². The SMILES string of the molecule is C=CCCC(CCC)c1ncc2c(=O)[nH]c3cc(C(=O)OC)c(OCCN(C)C)cc3n12. The van der Waals surface area contributed by atoms with Crippen molar-refractivity contribution in [1.29, 1.82) is 0 Å². The third kappa shape index (κ3) is 4.85. The number of hydrogen-bond acceptors (Lipinski definition) is 6. The van der Waals surface area contributed by atoms with Crippen LogP contribution >= 0.6 is 0 Å². The number of benzene rings is 1. The van der Waals surface area contributed by atoms with Crippen LogP contribution in [0.5, 0.6) is 5.75 Å². The van der Waals surface area contributed by atoms with Crippen molar-refractivity contribution in [2.75, 3.05) is 34.4 Å². The van der Waals surface area contributed by atoms with E-state index in [9.17, 15) is 9.59 Å². The van der Waals surface area contributed by atoms with Crippen molar-refractivity contribution in [3.8, 4) is 5.75 Å². The van der Waals surface area contributed by atoms with Gasteiger partial charge in [0.1, 0.15) is 29.3 Å². The van der Waals surface area contributed by atoms with Gasteiger partial charge >= 0.3 is 5.97 Å². The van der Waals surface area contributed by atoms with E-state index < -0.39 is 5.97 Å². The van der Waals surface area contributed by atoms with Gasteiger partial charge in [0.15, 0.2) is 0 Å². The lowest BCUT2D eigenvalue weighted by molar-refractivity contribution is 0.0596. The molecular formula is C24H32N4O4. The Bertz CT molecular complexity index is 1160. The van der Waals surface area contributed by atoms with E-state index in [0.717, 1.165) is 37.0 Å². The maximum Gasteiger partial charge on any atom is 0.341 e. The molecule has 0 spiro atoms. The standard InChI is InChI=1S/C24H32N4O4/c1-6-8-10-16(9-7-2)22-25-15-20-23(29)26-18-13-17(24(30)31-5)21(14-19(18)28(20)22)32-12-11-27(3)4/h6,13-16H,1,7-12H2,2-5H3,(H,26,29). The summed E-state index contributed by atoms with van der Waals surface area (Å²) in [6.45, 7) is 7.08. The van der Waals surface area contributed by atoms with Crippen LogP contribution < -0.4 is 10.3 Å². The number of fused-ring (bicyclic) bond motifs is 3. The van der Waals surface area contributed by atoms with Crippen LogP contribution in [0.2, 0.25) is 0 Å². The largest absolute Gasteiger partial charge is 0.491 e. The lowest BCUT2D eigenvalue weighted by Crippen LogP contribution is -2.20. The molecule has 8 nitrogen and oxygen atoms in total. The Morgan fingerprint density at radius 1 is 1.31 bits per heavy atom. The molecule has 0 aliphatic heterocycles. The fourth-order valence-corrected chi connectivity index (χ4v) is 3.91. The number of aromatic nitrogens is 3. The number of hydrogen-bond donors (Lipinski definition) is 1. The Balaban J connectivity index is 2.23. The number of ether oxygens (including phenoxy) is 2. The van der Waals surface area contributed by atoms with Crippen LogP contribution in [0.4, 0.5) is 0 Å². The molecule has 3 aromatic rings. The molecule has 1 atom stereocenters. The van der Waals surface area contributed by atoms with Crippen LogP contribution in [-0.2, 0) is 4.74 Å².